The Hall–Kier alpha value is -2.16. The van der Waals surface area contributed by atoms with Crippen LogP contribution in [0.4, 0.5) is 5.69 Å². The van der Waals surface area contributed by atoms with Crippen LogP contribution in [0.3, 0.4) is 0 Å². The zero-order valence-corrected chi connectivity index (χ0v) is 14.2. The standard InChI is InChI=1S/C20H23NO2/c1-5-23-18(22)12-13(2)20(4)14(3)21-17-11-10-15-8-6-7-9-16(15)19(17)20/h6-11,13H,5,12H2,1-4H3. The summed E-state index contributed by atoms with van der Waals surface area (Å²) in [6.07, 6.45) is 0.403. The molecule has 3 rings (SSSR count). The summed E-state index contributed by atoms with van der Waals surface area (Å²) in [6.45, 7) is 8.65. The molecule has 0 fully saturated rings. The van der Waals surface area contributed by atoms with Gasteiger partial charge in [0.05, 0.1) is 12.3 Å². The first-order valence-corrected chi connectivity index (χ1v) is 8.22. The van der Waals surface area contributed by atoms with Gasteiger partial charge in [-0.1, -0.05) is 37.3 Å². The third kappa shape index (κ3) is 2.44. The topological polar surface area (TPSA) is 38.7 Å². The largest absolute Gasteiger partial charge is 0.466 e. The summed E-state index contributed by atoms with van der Waals surface area (Å²) in [5, 5.41) is 2.44. The molecule has 2 unspecified atom stereocenters. The molecule has 23 heavy (non-hydrogen) atoms. The van der Waals surface area contributed by atoms with Gasteiger partial charge in [0.1, 0.15) is 0 Å². The lowest BCUT2D eigenvalue weighted by Gasteiger charge is -2.33. The minimum absolute atomic E-state index is 0.123. The summed E-state index contributed by atoms with van der Waals surface area (Å²) in [7, 11) is 0. The Bertz CT molecular complexity index is 793. The van der Waals surface area contributed by atoms with Crippen LogP contribution in [-0.2, 0) is 14.9 Å². The molecular formula is C20H23NO2. The van der Waals surface area contributed by atoms with Crippen molar-refractivity contribution in [2.75, 3.05) is 6.61 Å². The van der Waals surface area contributed by atoms with Crippen molar-refractivity contribution in [3.8, 4) is 0 Å². The normalized spacial score (nSPS) is 21.0. The lowest BCUT2D eigenvalue weighted by molar-refractivity contribution is -0.144. The van der Waals surface area contributed by atoms with Crippen molar-refractivity contribution in [2.45, 2.75) is 39.5 Å². The zero-order chi connectivity index (χ0) is 16.6. The van der Waals surface area contributed by atoms with Crippen LogP contribution in [0.15, 0.2) is 41.4 Å². The second kappa shape index (κ2) is 5.80. The molecule has 0 N–H and O–H groups in total. The first-order chi connectivity index (χ1) is 11.0. The molecule has 120 valence electrons. The van der Waals surface area contributed by atoms with E-state index in [1.165, 1.54) is 16.3 Å². The molecule has 0 saturated heterocycles. The van der Waals surface area contributed by atoms with Crippen molar-refractivity contribution in [1.82, 2.24) is 0 Å². The van der Waals surface area contributed by atoms with Crippen molar-refractivity contribution < 1.29 is 9.53 Å². The third-order valence-electron chi connectivity index (χ3n) is 5.23. The van der Waals surface area contributed by atoms with Crippen molar-refractivity contribution in [3.05, 3.63) is 42.0 Å². The number of rotatable bonds is 4. The van der Waals surface area contributed by atoms with Crippen LogP contribution in [0.5, 0.6) is 0 Å². The molecule has 0 aliphatic carbocycles. The van der Waals surface area contributed by atoms with Gasteiger partial charge in [0, 0.05) is 17.5 Å². The van der Waals surface area contributed by atoms with Crippen LogP contribution >= 0.6 is 0 Å². The zero-order valence-electron chi connectivity index (χ0n) is 14.2. The van der Waals surface area contributed by atoms with Crippen LogP contribution in [0.2, 0.25) is 0 Å². The summed E-state index contributed by atoms with van der Waals surface area (Å²) in [5.74, 6) is -0.0138. The van der Waals surface area contributed by atoms with Crippen LogP contribution in [0.25, 0.3) is 10.8 Å². The summed E-state index contributed by atoms with van der Waals surface area (Å²) in [6, 6.07) is 12.6. The number of fused-ring (bicyclic) bond motifs is 3. The molecule has 1 aliphatic heterocycles. The van der Waals surface area contributed by atoms with E-state index in [-0.39, 0.29) is 17.3 Å². The maximum Gasteiger partial charge on any atom is 0.306 e. The number of esters is 1. The third-order valence-corrected chi connectivity index (χ3v) is 5.23. The van der Waals surface area contributed by atoms with Crippen LogP contribution in [0, 0.1) is 5.92 Å². The van der Waals surface area contributed by atoms with Gasteiger partial charge in [0.25, 0.3) is 0 Å². The second-order valence-corrected chi connectivity index (χ2v) is 6.49. The first kappa shape index (κ1) is 15.7. The second-order valence-electron chi connectivity index (χ2n) is 6.49. The van der Waals surface area contributed by atoms with Crippen molar-refractivity contribution in [2.24, 2.45) is 10.9 Å². The Kier molecular flexibility index (Phi) is 3.97. The van der Waals surface area contributed by atoms with Crippen molar-refractivity contribution in [3.63, 3.8) is 0 Å². The van der Waals surface area contributed by atoms with Gasteiger partial charge in [0.15, 0.2) is 0 Å². The lowest BCUT2D eigenvalue weighted by Crippen LogP contribution is -2.36. The monoisotopic (exact) mass is 309 g/mol. The fraction of sp³-hybridized carbons (Fsp3) is 0.400. The van der Waals surface area contributed by atoms with Gasteiger partial charge in [-0.05, 0) is 49.1 Å². The van der Waals surface area contributed by atoms with E-state index in [0.717, 1.165) is 11.4 Å². The van der Waals surface area contributed by atoms with Gasteiger partial charge in [-0.3, -0.25) is 9.79 Å². The van der Waals surface area contributed by atoms with Gasteiger partial charge in [-0.15, -0.1) is 0 Å². The van der Waals surface area contributed by atoms with E-state index in [4.69, 9.17) is 9.73 Å². The minimum atomic E-state index is -0.247. The van der Waals surface area contributed by atoms with Gasteiger partial charge in [0.2, 0.25) is 0 Å². The number of hydrogen-bond donors (Lipinski definition) is 0. The quantitative estimate of drug-likeness (QED) is 0.761. The molecular weight excluding hydrogens is 286 g/mol. The highest BCUT2D eigenvalue weighted by molar-refractivity contribution is 6.06. The number of aliphatic imine (C=N–C) groups is 1. The molecule has 0 saturated carbocycles. The molecule has 0 radical (unpaired) electrons. The number of carbonyl (C=O) groups is 1. The molecule has 0 bridgehead atoms. The van der Waals surface area contributed by atoms with Gasteiger partial charge < -0.3 is 4.74 Å². The molecule has 2 aromatic carbocycles. The Morgan fingerprint density at radius 1 is 1.26 bits per heavy atom. The maximum absolute atomic E-state index is 12.0. The highest BCUT2D eigenvalue weighted by atomic mass is 16.5. The maximum atomic E-state index is 12.0. The lowest BCUT2D eigenvalue weighted by atomic mass is 9.68. The predicted octanol–water partition coefficient (Wildman–Crippen LogP) is 4.79. The number of nitrogens with zero attached hydrogens (tertiary/aromatic N) is 1. The van der Waals surface area contributed by atoms with Crippen molar-refractivity contribution in [1.29, 1.82) is 0 Å². The first-order valence-electron chi connectivity index (χ1n) is 8.22. The SMILES string of the molecule is CCOC(=O)CC(C)C1(C)C(C)=Nc2ccc3ccccc3c21. The van der Waals surface area contributed by atoms with Gasteiger partial charge in [-0.25, -0.2) is 0 Å². The minimum Gasteiger partial charge on any atom is -0.466 e. The van der Waals surface area contributed by atoms with Crippen LogP contribution < -0.4 is 0 Å². The predicted molar refractivity (Wildman–Crippen MR) is 94.5 cm³/mol. The van der Waals surface area contributed by atoms with E-state index in [2.05, 4.69) is 57.2 Å². The molecule has 0 aromatic heterocycles. The summed E-state index contributed by atoms with van der Waals surface area (Å²) in [4.78, 5) is 16.8. The van der Waals surface area contributed by atoms with Gasteiger partial charge in [-0.2, -0.15) is 0 Å². The Morgan fingerprint density at radius 2 is 2.00 bits per heavy atom. The molecule has 2 aromatic rings. The average molecular weight is 309 g/mol. The van der Waals surface area contributed by atoms with E-state index in [0.29, 0.717) is 13.0 Å². The summed E-state index contributed by atoms with van der Waals surface area (Å²) < 4.78 is 5.15. The van der Waals surface area contributed by atoms with E-state index in [1.54, 1.807) is 0 Å². The Balaban J connectivity index is 2.09. The molecule has 2 atom stereocenters. The highest BCUT2D eigenvalue weighted by Gasteiger charge is 2.43. The number of ether oxygens (including phenoxy) is 1. The molecule has 1 heterocycles. The average Bonchev–Trinajstić information content (AvgIpc) is 2.80. The Morgan fingerprint density at radius 3 is 2.74 bits per heavy atom. The molecule has 3 heteroatoms. The number of carbonyl (C=O) groups excluding carboxylic acids is 1. The van der Waals surface area contributed by atoms with E-state index >= 15 is 0 Å². The van der Waals surface area contributed by atoms with E-state index in [9.17, 15) is 4.79 Å². The fourth-order valence-corrected chi connectivity index (χ4v) is 3.65. The van der Waals surface area contributed by atoms with Gasteiger partial charge >= 0.3 is 5.97 Å². The fourth-order valence-electron chi connectivity index (χ4n) is 3.65. The summed E-state index contributed by atoms with van der Waals surface area (Å²) in [5.41, 5.74) is 3.09. The van der Waals surface area contributed by atoms with Crippen molar-refractivity contribution >= 4 is 28.1 Å². The molecule has 0 spiro atoms. The summed E-state index contributed by atoms with van der Waals surface area (Å²) >= 11 is 0. The van der Waals surface area contributed by atoms with E-state index < -0.39 is 0 Å². The Labute approximate surface area is 137 Å². The smallest absolute Gasteiger partial charge is 0.306 e. The highest BCUT2D eigenvalue weighted by Crippen LogP contribution is 2.49. The number of benzene rings is 2. The molecule has 1 aliphatic rings. The van der Waals surface area contributed by atoms with Crippen LogP contribution in [0.1, 0.15) is 39.7 Å². The van der Waals surface area contributed by atoms with E-state index in [1.807, 2.05) is 6.92 Å². The van der Waals surface area contributed by atoms with Crippen LogP contribution in [-0.4, -0.2) is 18.3 Å². The molecule has 3 nitrogen and oxygen atoms in total. The number of hydrogen-bond acceptors (Lipinski definition) is 3. The molecule has 0 amide bonds.